The summed E-state index contributed by atoms with van der Waals surface area (Å²) in [6, 6.07) is 33.9. The normalized spacial score (nSPS) is 20.5. The lowest BCUT2D eigenvalue weighted by Crippen LogP contribution is -2.32. The summed E-state index contributed by atoms with van der Waals surface area (Å²) in [6.07, 6.45) is 0. The zero-order chi connectivity index (χ0) is 24.1. The van der Waals surface area contributed by atoms with Crippen LogP contribution < -0.4 is 0 Å². The molecule has 0 radical (unpaired) electrons. The topological polar surface area (TPSA) is 12.4 Å². The lowest BCUT2D eigenvalue weighted by atomic mass is 9.61. The van der Waals surface area contributed by atoms with Gasteiger partial charge < -0.3 is 0 Å². The molecule has 5 aromatic carbocycles. The van der Waals surface area contributed by atoms with Crippen LogP contribution in [0.5, 0.6) is 0 Å². The molecule has 0 aromatic heterocycles. The first-order chi connectivity index (χ1) is 17.6. The van der Waals surface area contributed by atoms with Gasteiger partial charge in [-0.3, -0.25) is 4.99 Å². The van der Waals surface area contributed by atoms with E-state index in [2.05, 4.69) is 112 Å². The first-order valence-corrected chi connectivity index (χ1v) is 13.0. The molecule has 3 unspecified atom stereocenters. The Hall–Kier alpha value is -3.97. The minimum Gasteiger partial charge on any atom is -0.256 e. The number of aryl methyl sites for hydroxylation is 3. The summed E-state index contributed by atoms with van der Waals surface area (Å²) < 4.78 is 0. The van der Waals surface area contributed by atoms with E-state index in [-0.39, 0.29) is 17.8 Å². The van der Waals surface area contributed by atoms with Crippen LogP contribution in [-0.4, -0.2) is 5.71 Å². The van der Waals surface area contributed by atoms with Crippen LogP contribution >= 0.6 is 0 Å². The van der Waals surface area contributed by atoms with Crippen LogP contribution in [0.1, 0.15) is 73.4 Å². The molecule has 0 N–H and O–H groups in total. The van der Waals surface area contributed by atoms with Gasteiger partial charge in [-0.2, -0.15) is 0 Å². The smallest absolute Gasteiger partial charge is 0.0671 e. The Kier molecular flexibility index (Phi) is 3.96. The van der Waals surface area contributed by atoms with Crippen molar-refractivity contribution < 1.29 is 0 Å². The number of benzene rings is 5. The monoisotopic (exact) mass is 461 g/mol. The quantitative estimate of drug-likeness (QED) is 0.237. The Morgan fingerprint density at radius 2 is 1.11 bits per heavy atom. The summed E-state index contributed by atoms with van der Waals surface area (Å²) >= 11 is 0. The van der Waals surface area contributed by atoms with E-state index >= 15 is 0 Å². The maximum absolute atomic E-state index is 5.39. The summed E-state index contributed by atoms with van der Waals surface area (Å²) in [6.45, 7) is 6.91. The summed E-state index contributed by atoms with van der Waals surface area (Å²) in [7, 11) is 0. The minimum atomic E-state index is 0.186. The highest BCUT2D eigenvalue weighted by molar-refractivity contribution is 6.16. The molecular weight excluding hydrogens is 434 g/mol. The fourth-order valence-electron chi connectivity index (χ4n) is 7.64. The van der Waals surface area contributed by atoms with Gasteiger partial charge in [0.25, 0.3) is 0 Å². The zero-order valence-corrected chi connectivity index (χ0v) is 20.8. The average molecular weight is 462 g/mol. The van der Waals surface area contributed by atoms with Crippen molar-refractivity contribution in [3.8, 4) is 0 Å². The highest BCUT2D eigenvalue weighted by atomic mass is 14.8. The maximum Gasteiger partial charge on any atom is 0.0671 e. The molecule has 0 bridgehead atoms. The van der Waals surface area contributed by atoms with Gasteiger partial charge in [0.1, 0.15) is 0 Å². The van der Waals surface area contributed by atoms with Crippen molar-refractivity contribution in [3.63, 3.8) is 0 Å². The third-order valence-corrected chi connectivity index (χ3v) is 8.85. The first-order valence-electron chi connectivity index (χ1n) is 13.0. The van der Waals surface area contributed by atoms with Gasteiger partial charge >= 0.3 is 0 Å². The Morgan fingerprint density at radius 1 is 0.500 bits per heavy atom. The number of rotatable bonds is 1. The highest BCUT2D eigenvalue weighted by Crippen LogP contribution is 2.59. The van der Waals surface area contributed by atoms with Crippen molar-refractivity contribution >= 4 is 22.2 Å². The summed E-state index contributed by atoms with van der Waals surface area (Å²) in [5.74, 6) is 0.634. The fraction of sp³-hybridized carbons (Fsp3) is 0.171. The molecule has 0 spiro atoms. The van der Waals surface area contributed by atoms with E-state index in [1.165, 1.54) is 72.1 Å². The summed E-state index contributed by atoms with van der Waals surface area (Å²) in [5, 5.41) is 2.93. The number of nitrogens with zero attached hydrogens (tertiary/aromatic N) is 1. The van der Waals surface area contributed by atoms with E-state index in [9.17, 15) is 0 Å². The molecule has 3 aliphatic rings. The van der Waals surface area contributed by atoms with Gasteiger partial charge in [0, 0.05) is 17.5 Å². The van der Waals surface area contributed by atoms with Crippen LogP contribution in [0.25, 0.3) is 10.8 Å². The van der Waals surface area contributed by atoms with E-state index in [4.69, 9.17) is 4.99 Å². The Labute approximate surface area is 212 Å². The lowest BCUT2D eigenvalue weighted by Gasteiger charge is -2.41. The van der Waals surface area contributed by atoms with Gasteiger partial charge in [0.05, 0.1) is 11.6 Å². The third kappa shape index (κ3) is 2.43. The van der Waals surface area contributed by atoms with Crippen LogP contribution in [0.2, 0.25) is 0 Å². The third-order valence-electron chi connectivity index (χ3n) is 8.85. The summed E-state index contributed by atoms with van der Waals surface area (Å²) in [4.78, 5) is 5.39. The molecule has 1 aliphatic heterocycles. The van der Waals surface area contributed by atoms with Crippen molar-refractivity contribution in [3.05, 3.63) is 147 Å². The van der Waals surface area contributed by atoms with Gasteiger partial charge in [-0.05, 0) is 93.2 Å². The standard InChI is InChI=1S/C35H27N/c1-19-17-20(2)29-33-25-15-9-10-16-27(25)36-35(33)32-24-14-8-7-13-23(24)30(22-11-5-4-6-12-22)26-18-21(3)28(19)34(29)31(26)32/h4-18,30,32-33H,1-3H3. The van der Waals surface area contributed by atoms with Crippen LogP contribution in [0.3, 0.4) is 0 Å². The molecule has 3 atom stereocenters. The second kappa shape index (κ2) is 7.04. The SMILES string of the molecule is Cc1cc(C)c2c(C)cc3c4c2c1C1C(=Nc2ccccc21)C4c1ccccc1C3c1ccccc1. The molecule has 172 valence electrons. The molecule has 5 aromatic rings. The van der Waals surface area contributed by atoms with E-state index < -0.39 is 0 Å². The second-order valence-electron chi connectivity index (χ2n) is 10.8. The average Bonchev–Trinajstić information content (AvgIpc) is 3.28. The van der Waals surface area contributed by atoms with Gasteiger partial charge in [-0.25, -0.2) is 0 Å². The largest absolute Gasteiger partial charge is 0.256 e. The maximum atomic E-state index is 5.39. The van der Waals surface area contributed by atoms with Gasteiger partial charge in [0.15, 0.2) is 0 Å². The van der Waals surface area contributed by atoms with Crippen molar-refractivity contribution in [2.45, 2.75) is 38.5 Å². The summed E-state index contributed by atoms with van der Waals surface area (Å²) in [5.41, 5.74) is 16.6. The Morgan fingerprint density at radius 3 is 1.89 bits per heavy atom. The van der Waals surface area contributed by atoms with Gasteiger partial charge in [0.2, 0.25) is 0 Å². The minimum absolute atomic E-state index is 0.186. The predicted octanol–water partition coefficient (Wildman–Crippen LogP) is 8.62. The van der Waals surface area contributed by atoms with Crippen molar-refractivity contribution in [1.82, 2.24) is 0 Å². The molecule has 0 saturated carbocycles. The Bertz CT molecular complexity index is 1770. The van der Waals surface area contributed by atoms with Gasteiger partial charge in [-0.15, -0.1) is 0 Å². The van der Waals surface area contributed by atoms with E-state index in [0.29, 0.717) is 0 Å². The fourth-order valence-corrected chi connectivity index (χ4v) is 7.64. The van der Waals surface area contributed by atoms with Crippen LogP contribution in [0.15, 0.2) is 96.0 Å². The van der Waals surface area contributed by atoms with Crippen molar-refractivity contribution in [2.24, 2.45) is 4.99 Å². The predicted molar refractivity (Wildman–Crippen MR) is 149 cm³/mol. The molecule has 0 amide bonds. The number of para-hydroxylation sites is 1. The first kappa shape index (κ1) is 20.2. The molecule has 1 heterocycles. The second-order valence-corrected chi connectivity index (χ2v) is 10.8. The van der Waals surface area contributed by atoms with Gasteiger partial charge in [-0.1, -0.05) is 84.9 Å². The number of aliphatic imine (C=N–C) groups is 1. The lowest BCUT2D eigenvalue weighted by molar-refractivity contribution is 0.837. The molecule has 0 fully saturated rings. The van der Waals surface area contributed by atoms with E-state index in [1.54, 1.807) is 0 Å². The number of hydrogen-bond acceptors (Lipinski definition) is 1. The molecular formula is C35H27N. The van der Waals surface area contributed by atoms with E-state index in [0.717, 1.165) is 5.69 Å². The number of fused-ring (bicyclic) bond motifs is 7. The molecule has 8 rings (SSSR count). The Balaban J connectivity index is 1.59. The molecule has 2 aliphatic carbocycles. The van der Waals surface area contributed by atoms with Crippen LogP contribution in [0, 0.1) is 20.8 Å². The molecule has 1 nitrogen and oxygen atoms in total. The van der Waals surface area contributed by atoms with Crippen LogP contribution in [-0.2, 0) is 0 Å². The highest BCUT2D eigenvalue weighted by Gasteiger charge is 2.46. The van der Waals surface area contributed by atoms with Crippen molar-refractivity contribution in [2.75, 3.05) is 0 Å². The zero-order valence-electron chi connectivity index (χ0n) is 20.8. The van der Waals surface area contributed by atoms with E-state index in [1.807, 2.05) is 0 Å². The molecule has 1 heteroatoms. The molecule has 0 saturated heterocycles. The molecule has 36 heavy (non-hydrogen) atoms. The number of hydrogen-bond donors (Lipinski definition) is 0. The van der Waals surface area contributed by atoms with Crippen molar-refractivity contribution in [1.29, 1.82) is 0 Å². The van der Waals surface area contributed by atoms with Crippen LogP contribution in [0.4, 0.5) is 5.69 Å².